The smallest absolute Gasteiger partial charge is 0.218 e. The van der Waals surface area contributed by atoms with Crippen molar-refractivity contribution in [3.8, 4) is 5.88 Å². The van der Waals surface area contributed by atoms with Crippen molar-refractivity contribution in [2.24, 2.45) is 0 Å². The molecular weight excluding hydrogens is 238 g/mol. The number of halogens is 1. The quantitative estimate of drug-likeness (QED) is 0.824. The second-order valence-corrected chi connectivity index (χ2v) is 5.53. The largest absolute Gasteiger partial charge is 0.475 e. The third-order valence-corrected chi connectivity index (χ3v) is 2.99. The maximum Gasteiger partial charge on any atom is 0.218 e. The van der Waals surface area contributed by atoms with Crippen LogP contribution in [0, 0.1) is 0 Å². The summed E-state index contributed by atoms with van der Waals surface area (Å²) in [5.41, 5.74) is -0.245. The molecule has 0 bridgehead atoms. The van der Waals surface area contributed by atoms with Gasteiger partial charge < -0.3 is 10.1 Å². The number of rotatable bonds is 5. The number of hydrogen-bond donors (Lipinski definition) is 1. The highest BCUT2D eigenvalue weighted by atomic mass is 35.5. The predicted molar refractivity (Wildman–Crippen MR) is 70.8 cm³/mol. The average Bonchev–Trinajstić information content (AvgIpc) is 2.15. The second-order valence-electron chi connectivity index (χ2n) is 4.87. The van der Waals surface area contributed by atoms with E-state index in [1.54, 1.807) is 6.07 Å². The highest BCUT2D eigenvalue weighted by Gasteiger charge is 2.24. The number of hydrogen-bond acceptors (Lipinski definition) is 4. The van der Waals surface area contributed by atoms with E-state index in [4.69, 9.17) is 16.3 Å². The normalized spacial score (nSPS) is 13.6. The molecule has 0 aliphatic carbocycles. The van der Waals surface area contributed by atoms with Gasteiger partial charge in [-0.1, -0.05) is 0 Å². The fourth-order valence-corrected chi connectivity index (χ4v) is 1.20. The summed E-state index contributed by atoms with van der Waals surface area (Å²) in [5, 5.41) is 3.25. The Morgan fingerprint density at radius 3 is 2.47 bits per heavy atom. The van der Waals surface area contributed by atoms with E-state index in [9.17, 15) is 0 Å². The fraction of sp³-hybridized carbons (Fsp3) is 0.667. The molecule has 0 fully saturated rings. The van der Waals surface area contributed by atoms with Crippen molar-refractivity contribution in [1.29, 1.82) is 0 Å². The van der Waals surface area contributed by atoms with Crippen molar-refractivity contribution in [2.75, 3.05) is 5.32 Å². The highest BCUT2D eigenvalue weighted by Crippen LogP contribution is 2.22. The van der Waals surface area contributed by atoms with Crippen LogP contribution in [0.4, 0.5) is 5.82 Å². The average molecular weight is 258 g/mol. The van der Waals surface area contributed by atoms with Crippen molar-refractivity contribution in [2.45, 2.75) is 51.6 Å². The van der Waals surface area contributed by atoms with Crippen LogP contribution in [-0.4, -0.2) is 27.0 Å². The Kier molecular flexibility index (Phi) is 4.57. The SMILES string of the molecule is CC(C)Oc1cc(NC(C)(C)C(C)Cl)ncn1. The monoisotopic (exact) mass is 257 g/mol. The summed E-state index contributed by atoms with van der Waals surface area (Å²) in [6.45, 7) is 9.91. The standard InChI is InChI=1S/C12H20ClN3O/c1-8(2)17-11-6-10(14-7-15-11)16-12(4,5)9(3)13/h6-9H,1-5H3,(H,14,15,16). The lowest BCUT2D eigenvalue weighted by Gasteiger charge is -2.29. The first-order valence-corrected chi connectivity index (χ1v) is 6.16. The summed E-state index contributed by atoms with van der Waals surface area (Å²) in [6.07, 6.45) is 1.58. The summed E-state index contributed by atoms with van der Waals surface area (Å²) < 4.78 is 5.51. The molecule has 1 unspecified atom stereocenters. The Morgan fingerprint density at radius 2 is 1.94 bits per heavy atom. The van der Waals surface area contributed by atoms with E-state index >= 15 is 0 Å². The van der Waals surface area contributed by atoms with E-state index < -0.39 is 0 Å². The van der Waals surface area contributed by atoms with Crippen LogP contribution in [0.3, 0.4) is 0 Å². The zero-order valence-corrected chi connectivity index (χ0v) is 11.7. The molecule has 0 spiro atoms. The number of aromatic nitrogens is 2. The topological polar surface area (TPSA) is 47.0 Å². The summed E-state index contributed by atoms with van der Waals surface area (Å²) in [4.78, 5) is 8.20. The Balaban J connectivity index is 2.78. The first-order chi connectivity index (χ1) is 7.81. The second kappa shape index (κ2) is 5.54. The van der Waals surface area contributed by atoms with Crippen LogP contribution in [-0.2, 0) is 0 Å². The number of nitrogens with one attached hydrogen (secondary N) is 1. The van der Waals surface area contributed by atoms with E-state index in [-0.39, 0.29) is 17.0 Å². The van der Waals surface area contributed by atoms with Crippen molar-refractivity contribution >= 4 is 17.4 Å². The van der Waals surface area contributed by atoms with Crippen LogP contribution in [0.5, 0.6) is 5.88 Å². The van der Waals surface area contributed by atoms with Crippen LogP contribution < -0.4 is 10.1 Å². The van der Waals surface area contributed by atoms with Gasteiger partial charge in [0.2, 0.25) is 5.88 Å². The molecule has 0 saturated carbocycles. The van der Waals surface area contributed by atoms with Gasteiger partial charge in [-0.05, 0) is 34.6 Å². The third-order valence-electron chi connectivity index (χ3n) is 2.44. The van der Waals surface area contributed by atoms with Crippen LogP contribution >= 0.6 is 11.6 Å². The zero-order chi connectivity index (χ0) is 13.1. The fourth-order valence-electron chi connectivity index (χ4n) is 1.14. The molecule has 0 aliphatic rings. The van der Waals surface area contributed by atoms with Crippen molar-refractivity contribution in [3.05, 3.63) is 12.4 Å². The lowest BCUT2D eigenvalue weighted by molar-refractivity contribution is 0.232. The first kappa shape index (κ1) is 14.0. The molecular formula is C12H20ClN3O. The molecule has 0 radical (unpaired) electrons. The van der Waals surface area contributed by atoms with Crippen LogP contribution in [0.15, 0.2) is 12.4 Å². The molecule has 96 valence electrons. The molecule has 1 aromatic rings. The van der Waals surface area contributed by atoms with Gasteiger partial charge in [0.1, 0.15) is 12.1 Å². The molecule has 1 aromatic heterocycles. The molecule has 0 aliphatic heterocycles. The van der Waals surface area contributed by atoms with Gasteiger partial charge in [0.25, 0.3) is 0 Å². The van der Waals surface area contributed by atoms with Gasteiger partial charge in [-0.3, -0.25) is 0 Å². The number of alkyl halides is 1. The van der Waals surface area contributed by atoms with Crippen molar-refractivity contribution in [3.63, 3.8) is 0 Å². The summed E-state index contributed by atoms with van der Waals surface area (Å²) in [5.74, 6) is 1.28. The Bertz CT molecular complexity index is 367. The molecule has 1 rings (SSSR count). The molecule has 0 aromatic carbocycles. The number of anilines is 1. The van der Waals surface area contributed by atoms with Gasteiger partial charge in [0.15, 0.2) is 0 Å². The van der Waals surface area contributed by atoms with Gasteiger partial charge in [0, 0.05) is 11.6 Å². The van der Waals surface area contributed by atoms with Crippen LogP contribution in [0.2, 0.25) is 0 Å². The van der Waals surface area contributed by atoms with Crippen molar-refractivity contribution in [1.82, 2.24) is 9.97 Å². The Labute approximate surface area is 108 Å². The maximum atomic E-state index is 6.11. The number of ether oxygens (including phenoxy) is 1. The lowest BCUT2D eigenvalue weighted by atomic mass is 10.0. The minimum absolute atomic E-state index is 0.0214. The zero-order valence-electron chi connectivity index (χ0n) is 11.0. The van der Waals surface area contributed by atoms with Crippen LogP contribution in [0.25, 0.3) is 0 Å². The minimum Gasteiger partial charge on any atom is -0.475 e. The molecule has 1 heterocycles. The lowest BCUT2D eigenvalue weighted by Crippen LogP contribution is -2.39. The van der Waals surface area contributed by atoms with Gasteiger partial charge in [-0.25, -0.2) is 9.97 Å². The maximum absolute atomic E-state index is 6.11. The first-order valence-electron chi connectivity index (χ1n) is 5.72. The molecule has 5 heteroatoms. The molecule has 1 N–H and O–H groups in total. The van der Waals surface area contributed by atoms with E-state index in [1.807, 2.05) is 34.6 Å². The Hall–Kier alpha value is -1.03. The summed E-state index contributed by atoms with van der Waals surface area (Å²) >= 11 is 6.11. The van der Waals surface area contributed by atoms with Gasteiger partial charge >= 0.3 is 0 Å². The van der Waals surface area contributed by atoms with Gasteiger partial charge in [-0.15, -0.1) is 11.6 Å². The van der Waals surface area contributed by atoms with Crippen molar-refractivity contribution < 1.29 is 4.74 Å². The summed E-state index contributed by atoms with van der Waals surface area (Å²) in [6, 6.07) is 1.78. The minimum atomic E-state index is -0.245. The van der Waals surface area contributed by atoms with Gasteiger partial charge in [0.05, 0.1) is 11.5 Å². The summed E-state index contributed by atoms with van der Waals surface area (Å²) in [7, 11) is 0. The molecule has 4 nitrogen and oxygen atoms in total. The highest BCUT2D eigenvalue weighted by molar-refractivity contribution is 6.21. The third kappa shape index (κ3) is 4.38. The van der Waals surface area contributed by atoms with Gasteiger partial charge in [-0.2, -0.15) is 0 Å². The number of nitrogens with zero attached hydrogens (tertiary/aromatic N) is 2. The molecule has 0 saturated heterocycles. The van der Waals surface area contributed by atoms with E-state index in [1.165, 1.54) is 6.33 Å². The van der Waals surface area contributed by atoms with E-state index in [0.717, 1.165) is 0 Å². The molecule has 1 atom stereocenters. The van der Waals surface area contributed by atoms with E-state index in [0.29, 0.717) is 11.7 Å². The molecule has 17 heavy (non-hydrogen) atoms. The predicted octanol–water partition coefficient (Wildman–Crippen LogP) is 3.08. The van der Waals surface area contributed by atoms with E-state index in [2.05, 4.69) is 15.3 Å². The Morgan fingerprint density at radius 1 is 1.29 bits per heavy atom. The van der Waals surface area contributed by atoms with Crippen LogP contribution in [0.1, 0.15) is 34.6 Å². The molecule has 0 amide bonds.